The number of carbonyl (C=O) groups excluding carboxylic acids is 3. The molecule has 0 radical (unpaired) electrons. The number of hydrogen-bond donors (Lipinski definition) is 4. The van der Waals surface area contributed by atoms with Crippen LogP contribution in [0.25, 0.3) is 0 Å². The van der Waals surface area contributed by atoms with Gasteiger partial charge in [0.15, 0.2) is 16.4 Å². The molecule has 0 spiro atoms. The van der Waals surface area contributed by atoms with Gasteiger partial charge in [-0.1, -0.05) is 88.1 Å². The molecule has 0 saturated carbocycles. The van der Waals surface area contributed by atoms with Crippen LogP contribution in [-0.4, -0.2) is 83.1 Å². The molecule has 1 aliphatic rings. The van der Waals surface area contributed by atoms with Crippen LogP contribution in [0.4, 0.5) is 11.4 Å². The molecule has 3 aromatic carbocycles. The van der Waals surface area contributed by atoms with E-state index in [2.05, 4.69) is 34.7 Å². The molecule has 0 saturated heterocycles. The van der Waals surface area contributed by atoms with Gasteiger partial charge in [0.25, 0.3) is 16.0 Å². The molecule has 0 aromatic heterocycles. The molecular formula is C38H50N4O9S3. The molecule has 294 valence electrons. The van der Waals surface area contributed by atoms with Crippen molar-refractivity contribution in [3.8, 4) is 5.75 Å². The highest BCUT2D eigenvalue weighted by Gasteiger charge is 2.42. The summed E-state index contributed by atoms with van der Waals surface area (Å²) in [7, 11) is -8.10. The van der Waals surface area contributed by atoms with Crippen LogP contribution in [0.3, 0.4) is 0 Å². The van der Waals surface area contributed by atoms with E-state index in [9.17, 15) is 31.2 Å². The van der Waals surface area contributed by atoms with Gasteiger partial charge in [-0.3, -0.25) is 18.9 Å². The van der Waals surface area contributed by atoms with Gasteiger partial charge in [0.2, 0.25) is 11.8 Å². The molecule has 1 atom stereocenters. The number of rotatable bonds is 19. The molecule has 54 heavy (non-hydrogen) atoms. The summed E-state index contributed by atoms with van der Waals surface area (Å²) in [5.41, 5.74) is 1.38. The monoisotopic (exact) mass is 802 g/mol. The molecule has 1 heterocycles. The van der Waals surface area contributed by atoms with Gasteiger partial charge in [0, 0.05) is 30.3 Å². The lowest BCUT2D eigenvalue weighted by Crippen LogP contribution is -2.45. The molecule has 4 N–H and O–H groups in total. The fraction of sp³-hybridized carbons (Fsp3) is 0.447. The molecular weight excluding hydrogens is 753 g/mol. The molecule has 4 rings (SSSR count). The lowest BCUT2D eigenvalue weighted by molar-refractivity contribution is -0.131. The van der Waals surface area contributed by atoms with Gasteiger partial charge in [-0.05, 0) is 42.9 Å². The number of thioether (sulfide) groups is 1. The summed E-state index contributed by atoms with van der Waals surface area (Å²) in [6.07, 6.45) is 7.10. The van der Waals surface area contributed by atoms with Crippen molar-refractivity contribution >= 4 is 60.8 Å². The second-order valence-corrected chi connectivity index (χ2v) is 17.8. The number of fused-ring (bicyclic) bond motifs is 1. The van der Waals surface area contributed by atoms with Crippen molar-refractivity contribution in [2.24, 2.45) is 5.41 Å². The first kappa shape index (κ1) is 42.6. The minimum Gasteiger partial charge on any atom is -0.483 e. The second kappa shape index (κ2) is 19.5. The Kier molecular flexibility index (Phi) is 15.4. The van der Waals surface area contributed by atoms with E-state index >= 15 is 0 Å². The van der Waals surface area contributed by atoms with Crippen LogP contribution in [0.2, 0.25) is 0 Å². The number of para-hydroxylation sites is 1. The van der Waals surface area contributed by atoms with E-state index in [1.807, 2.05) is 42.7 Å². The van der Waals surface area contributed by atoms with E-state index < -0.39 is 68.0 Å². The molecule has 0 fully saturated rings. The van der Waals surface area contributed by atoms with Gasteiger partial charge in [0.05, 0.1) is 33.5 Å². The van der Waals surface area contributed by atoms with Crippen LogP contribution in [-0.2, 0) is 34.3 Å². The maximum atomic E-state index is 14.4. The third-order valence-corrected chi connectivity index (χ3v) is 12.7. The Labute approximate surface area is 322 Å². The van der Waals surface area contributed by atoms with Crippen LogP contribution in [0, 0.1) is 5.41 Å². The number of hydrogen-bond acceptors (Lipinski definition) is 10. The Bertz CT molecular complexity index is 1950. The van der Waals surface area contributed by atoms with Crippen LogP contribution in [0.15, 0.2) is 82.6 Å². The predicted octanol–water partition coefficient (Wildman–Crippen LogP) is 5.06. The number of ether oxygens (including phenoxy) is 1. The van der Waals surface area contributed by atoms with Gasteiger partial charge in [0.1, 0.15) is 11.8 Å². The van der Waals surface area contributed by atoms with Crippen molar-refractivity contribution < 1.29 is 40.5 Å². The first-order chi connectivity index (χ1) is 25.7. The molecule has 0 bridgehead atoms. The van der Waals surface area contributed by atoms with Crippen molar-refractivity contribution in [2.75, 3.05) is 48.9 Å². The average Bonchev–Trinajstić information content (AvgIpc) is 3.24. The summed E-state index contributed by atoms with van der Waals surface area (Å²) in [4.78, 5) is 41.6. The largest absolute Gasteiger partial charge is 0.483 e. The highest BCUT2D eigenvalue weighted by Crippen LogP contribution is 2.47. The van der Waals surface area contributed by atoms with E-state index in [4.69, 9.17) is 9.29 Å². The van der Waals surface area contributed by atoms with E-state index in [0.717, 1.165) is 44.2 Å². The minimum absolute atomic E-state index is 0.0126. The quantitative estimate of drug-likeness (QED) is 0.0938. The van der Waals surface area contributed by atoms with Crippen molar-refractivity contribution in [1.82, 2.24) is 16.0 Å². The van der Waals surface area contributed by atoms with Crippen LogP contribution in [0.5, 0.6) is 5.75 Å². The fourth-order valence-electron chi connectivity index (χ4n) is 6.52. The summed E-state index contributed by atoms with van der Waals surface area (Å²) < 4.78 is 65.5. The van der Waals surface area contributed by atoms with Gasteiger partial charge < -0.3 is 25.6 Å². The number of nitrogens with one attached hydrogen (secondary N) is 3. The normalized spacial score (nSPS) is 15.3. The van der Waals surface area contributed by atoms with E-state index in [-0.39, 0.29) is 22.9 Å². The fourth-order valence-corrected chi connectivity index (χ4v) is 9.55. The Morgan fingerprint density at radius 3 is 2.17 bits per heavy atom. The van der Waals surface area contributed by atoms with Crippen molar-refractivity contribution in [1.29, 1.82) is 0 Å². The first-order valence-corrected chi connectivity index (χ1v) is 22.4. The Morgan fingerprint density at radius 1 is 0.944 bits per heavy atom. The first-order valence-electron chi connectivity index (χ1n) is 17.9. The number of benzene rings is 3. The van der Waals surface area contributed by atoms with Crippen LogP contribution in [0.1, 0.15) is 64.0 Å². The molecule has 16 heteroatoms. The maximum Gasteiger partial charge on any atom is 0.266 e. The molecule has 3 aromatic rings. The minimum atomic E-state index is -4.28. The number of unbranched alkanes of at least 4 members (excludes halogenated alkanes) is 2. The topological polar surface area (TPSA) is 188 Å². The summed E-state index contributed by atoms with van der Waals surface area (Å²) >= 11 is 1.36. The van der Waals surface area contributed by atoms with Crippen LogP contribution >= 0.6 is 11.8 Å². The summed E-state index contributed by atoms with van der Waals surface area (Å²) in [6, 6.07) is 20.2. The van der Waals surface area contributed by atoms with Gasteiger partial charge in [-0.2, -0.15) is 8.42 Å². The average molecular weight is 803 g/mol. The number of anilines is 2. The summed E-state index contributed by atoms with van der Waals surface area (Å²) in [5, 5.41) is 7.35. The summed E-state index contributed by atoms with van der Waals surface area (Å²) in [5.74, 6) is -2.57. The molecule has 0 unspecified atom stereocenters. The molecule has 3 amide bonds. The smallest absolute Gasteiger partial charge is 0.266 e. The predicted molar refractivity (Wildman–Crippen MR) is 210 cm³/mol. The zero-order valence-electron chi connectivity index (χ0n) is 30.9. The second-order valence-electron chi connectivity index (χ2n) is 13.4. The maximum absolute atomic E-state index is 14.4. The third-order valence-electron chi connectivity index (χ3n) is 9.21. The molecule has 0 aliphatic carbocycles. The Hall–Kier alpha value is -4.12. The number of amides is 3. The molecule has 13 nitrogen and oxygen atoms in total. The van der Waals surface area contributed by atoms with E-state index in [1.165, 1.54) is 17.8 Å². The SMILES string of the molecule is CCCCC1(CCCC)CN(c2ccccc2)c2cc(SC)c(OCC(=O)N[C@@H](C(=O)NCC(=O)NCCS(=O)(=O)O)c3ccccc3)cc2S(=O)(=O)C1. The van der Waals surface area contributed by atoms with Gasteiger partial charge in [-0.25, -0.2) is 8.42 Å². The van der Waals surface area contributed by atoms with Gasteiger partial charge >= 0.3 is 0 Å². The van der Waals surface area contributed by atoms with E-state index in [1.54, 1.807) is 30.3 Å². The number of sulfone groups is 1. The van der Waals surface area contributed by atoms with Crippen LogP contribution < -0.4 is 25.6 Å². The lowest BCUT2D eigenvalue weighted by atomic mass is 9.79. The van der Waals surface area contributed by atoms with Crippen molar-refractivity contribution in [2.45, 2.75) is 68.2 Å². The zero-order chi connectivity index (χ0) is 39.4. The lowest BCUT2D eigenvalue weighted by Gasteiger charge is -2.37. The summed E-state index contributed by atoms with van der Waals surface area (Å²) in [6.45, 7) is 3.35. The van der Waals surface area contributed by atoms with Crippen molar-refractivity contribution in [3.63, 3.8) is 0 Å². The number of nitrogens with zero attached hydrogens (tertiary/aromatic N) is 1. The Morgan fingerprint density at radius 2 is 1.57 bits per heavy atom. The third kappa shape index (κ3) is 11.9. The van der Waals surface area contributed by atoms with E-state index in [0.29, 0.717) is 22.7 Å². The number of carbonyl (C=O) groups is 3. The Balaban J connectivity index is 1.59. The standard InChI is InChI=1S/C38H50N4O9S3/c1-4-6-18-38(19-7-5-2)26-42(29-16-12-9-13-17-29)30-22-32(52-3)31(23-33(30)53(46,47)27-38)51-25-35(44)41-36(28-14-10-8-11-15-28)37(45)40-24-34(43)39-20-21-54(48,49)50/h8-17,22-23,36H,4-7,18-21,24-27H2,1-3H3,(H,39,43)(H,40,45)(H,41,44)(H,48,49,50)/t36-/m1/s1. The molecule has 1 aliphatic heterocycles. The highest BCUT2D eigenvalue weighted by atomic mass is 32.2. The highest BCUT2D eigenvalue weighted by molar-refractivity contribution is 7.98. The zero-order valence-corrected chi connectivity index (χ0v) is 33.3. The van der Waals surface area contributed by atoms with Gasteiger partial charge in [-0.15, -0.1) is 11.8 Å². The van der Waals surface area contributed by atoms with Crippen molar-refractivity contribution in [3.05, 3.63) is 78.4 Å².